The van der Waals surface area contributed by atoms with Gasteiger partial charge in [0.25, 0.3) is 0 Å². The topological polar surface area (TPSA) is 36.1 Å². The summed E-state index contributed by atoms with van der Waals surface area (Å²) in [4.78, 5) is 4.18. The van der Waals surface area contributed by atoms with Gasteiger partial charge in [0.1, 0.15) is 11.1 Å². The largest absolute Gasteiger partial charge is 0.277 e. The molecule has 0 aliphatic carbocycles. The van der Waals surface area contributed by atoms with E-state index in [9.17, 15) is 4.39 Å². The summed E-state index contributed by atoms with van der Waals surface area (Å²) in [6.07, 6.45) is 0.588. The smallest absolute Gasteiger partial charge is 0.108 e. The summed E-state index contributed by atoms with van der Waals surface area (Å²) < 4.78 is 11.8. The van der Waals surface area contributed by atoms with Crippen LogP contribution in [0.25, 0.3) is 0 Å². The van der Waals surface area contributed by atoms with Crippen LogP contribution in [-0.4, -0.2) is 29.1 Å². The first-order valence-corrected chi connectivity index (χ1v) is 6.80. The molecule has 2 nitrogen and oxygen atoms in total. The molecule has 0 aliphatic heterocycles. The Hall–Kier alpha value is -0.470. The highest BCUT2D eigenvalue weighted by Gasteiger charge is 2.04. The summed E-state index contributed by atoms with van der Waals surface area (Å²) in [6.45, 7) is 5.93. The van der Waals surface area contributed by atoms with E-state index in [1.807, 2.05) is 13.0 Å². The van der Waals surface area contributed by atoms with Gasteiger partial charge in [-0.25, -0.2) is 0 Å². The molecule has 0 heterocycles. The Bertz CT molecular complexity index is 259. The average Bonchev–Trinajstić information content (AvgIpc) is 2.26. The number of nitrogens with zero attached hydrogens (tertiary/aromatic N) is 2. The van der Waals surface area contributed by atoms with E-state index in [1.54, 1.807) is 11.8 Å². The van der Waals surface area contributed by atoms with E-state index in [1.165, 1.54) is 11.8 Å². The number of hydrogen-bond donors (Lipinski definition) is 0. The molecule has 0 unspecified atom stereocenters. The molecule has 0 saturated carbocycles. The SMILES string of the molecule is C=C(C#N)/C(=N\CC)SCSCCCF. The third-order valence-corrected chi connectivity index (χ3v) is 3.76. The van der Waals surface area contributed by atoms with Crippen LogP contribution in [0, 0.1) is 11.3 Å². The maximum atomic E-state index is 11.8. The van der Waals surface area contributed by atoms with Crippen LogP contribution in [-0.2, 0) is 0 Å². The van der Waals surface area contributed by atoms with Gasteiger partial charge in [0.2, 0.25) is 0 Å². The average molecular weight is 246 g/mol. The molecule has 0 aromatic rings. The Morgan fingerprint density at radius 3 is 2.87 bits per heavy atom. The molecule has 0 aromatic heterocycles. The van der Waals surface area contributed by atoms with Gasteiger partial charge in [0.05, 0.1) is 12.2 Å². The van der Waals surface area contributed by atoms with Crippen molar-refractivity contribution in [2.75, 3.05) is 24.1 Å². The zero-order chi connectivity index (χ0) is 11.5. The second kappa shape index (κ2) is 10.1. The highest BCUT2D eigenvalue weighted by Crippen LogP contribution is 2.18. The number of halogens is 1. The number of hydrogen-bond acceptors (Lipinski definition) is 4. The van der Waals surface area contributed by atoms with Gasteiger partial charge in [-0.2, -0.15) is 17.0 Å². The third kappa shape index (κ3) is 7.46. The minimum atomic E-state index is -0.265. The highest BCUT2D eigenvalue weighted by atomic mass is 32.2. The molecule has 0 amide bonds. The summed E-state index contributed by atoms with van der Waals surface area (Å²) in [5.74, 6) is 0.807. The fraction of sp³-hybridized carbons (Fsp3) is 0.600. The van der Waals surface area contributed by atoms with Crippen LogP contribution in [0.5, 0.6) is 0 Å². The summed E-state index contributed by atoms with van der Waals surface area (Å²) >= 11 is 3.15. The van der Waals surface area contributed by atoms with Crippen LogP contribution in [0.15, 0.2) is 17.1 Å². The zero-order valence-corrected chi connectivity index (χ0v) is 10.5. The Kier molecular flexibility index (Phi) is 9.75. The van der Waals surface area contributed by atoms with Crippen molar-refractivity contribution in [2.45, 2.75) is 13.3 Å². The molecule has 0 saturated heterocycles. The van der Waals surface area contributed by atoms with Crippen LogP contribution < -0.4 is 0 Å². The number of alkyl halides is 1. The van der Waals surface area contributed by atoms with Crippen molar-refractivity contribution >= 4 is 28.6 Å². The maximum absolute atomic E-state index is 11.8. The lowest BCUT2D eigenvalue weighted by Gasteiger charge is -2.03. The maximum Gasteiger partial charge on any atom is 0.108 e. The van der Waals surface area contributed by atoms with Gasteiger partial charge in [-0.15, -0.1) is 0 Å². The van der Waals surface area contributed by atoms with Crippen molar-refractivity contribution in [2.24, 2.45) is 4.99 Å². The lowest BCUT2D eigenvalue weighted by atomic mass is 10.4. The number of aliphatic imine (C=N–C) groups is 1. The minimum Gasteiger partial charge on any atom is -0.277 e. The van der Waals surface area contributed by atoms with Crippen molar-refractivity contribution in [1.82, 2.24) is 0 Å². The van der Waals surface area contributed by atoms with Gasteiger partial charge in [-0.1, -0.05) is 18.3 Å². The molecular weight excluding hydrogens is 231 g/mol. The fourth-order valence-electron chi connectivity index (χ4n) is 0.733. The van der Waals surface area contributed by atoms with Crippen LogP contribution in [0.1, 0.15) is 13.3 Å². The molecule has 84 valence electrons. The summed E-state index contributed by atoms with van der Waals surface area (Å²) in [6, 6.07) is 1.99. The van der Waals surface area contributed by atoms with Crippen molar-refractivity contribution in [1.29, 1.82) is 5.26 Å². The van der Waals surface area contributed by atoms with Crippen LogP contribution >= 0.6 is 23.5 Å². The quantitative estimate of drug-likeness (QED) is 0.227. The summed E-state index contributed by atoms with van der Waals surface area (Å²) in [5, 5.41) is 10.2. The van der Waals surface area contributed by atoms with Gasteiger partial charge in [0.15, 0.2) is 0 Å². The normalized spacial score (nSPS) is 11.1. The van der Waals surface area contributed by atoms with Gasteiger partial charge in [-0.05, 0) is 19.1 Å². The molecule has 0 aliphatic rings. The van der Waals surface area contributed by atoms with Crippen LogP contribution in [0.3, 0.4) is 0 Å². The molecule has 0 spiro atoms. The van der Waals surface area contributed by atoms with E-state index in [-0.39, 0.29) is 6.67 Å². The lowest BCUT2D eigenvalue weighted by molar-refractivity contribution is 0.489. The van der Waals surface area contributed by atoms with Crippen molar-refractivity contribution in [3.8, 4) is 6.07 Å². The van der Waals surface area contributed by atoms with Crippen molar-refractivity contribution < 1.29 is 4.39 Å². The Balaban J connectivity index is 3.84. The molecule has 0 rings (SSSR count). The van der Waals surface area contributed by atoms with E-state index >= 15 is 0 Å². The predicted molar refractivity (Wildman–Crippen MR) is 68.2 cm³/mol. The first kappa shape index (κ1) is 14.5. The van der Waals surface area contributed by atoms with Gasteiger partial charge < -0.3 is 0 Å². The van der Waals surface area contributed by atoms with Crippen molar-refractivity contribution in [3.05, 3.63) is 12.2 Å². The van der Waals surface area contributed by atoms with E-state index < -0.39 is 0 Å². The highest BCUT2D eigenvalue weighted by molar-refractivity contribution is 8.24. The first-order chi connectivity index (χ1) is 7.26. The summed E-state index contributed by atoms with van der Waals surface area (Å²) in [7, 11) is 0. The Morgan fingerprint density at radius 1 is 1.60 bits per heavy atom. The van der Waals surface area contributed by atoms with E-state index in [0.29, 0.717) is 23.6 Å². The van der Waals surface area contributed by atoms with Gasteiger partial charge in [-0.3, -0.25) is 9.38 Å². The minimum absolute atomic E-state index is 0.265. The molecule has 0 bridgehead atoms. The zero-order valence-electron chi connectivity index (χ0n) is 8.83. The second-order valence-corrected chi connectivity index (χ2v) is 5.02. The molecular formula is C10H15FN2S2. The van der Waals surface area contributed by atoms with Crippen LogP contribution in [0.4, 0.5) is 4.39 Å². The predicted octanol–water partition coefficient (Wildman–Crippen LogP) is 3.27. The number of thioether (sulfide) groups is 2. The molecule has 0 fully saturated rings. The molecule has 0 radical (unpaired) electrons. The third-order valence-electron chi connectivity index (χ3n) is 1.40. The van der Waals surface area contributed by atoms with Crippen molar-refractivity contribution in [3.63, 3.8) is 0 Å². The van der Waals surface area contributed by atoms with Gasteiger partial charge in [0, 0.05) is 11.6 Å². The number of rotatable bonds is 7. The van der Waals surface area contributed by atoms with E-state index in [4.69, 9.17) is 5.26 Å². The number of nitriles is 1. The van der Waals surface area contributed by atoms with E-state index in [0.717, 1.165) is 10.8 Å². The fourth-order valence-corrected chi connectivity index (χ4v) is 2.74. The Labute approximate surface area is 99.0 Å². The molecule has 0 N–H and O–H groups in total. The lowest BCUT2D eigenvalue weighted by Crippen LogP contribution is -1.97. The van der Waals surface area contributed by atoms with Gasteiger partial charge >= 0.3 is 0 Å². The second-order valence-electron chi connectivity index (χ2n) is 2.58. The summed E-state index contributed by atoms with van der Waals surface area (Å²) in [5.41, 5.74) is 0.410. The molecule has 15 heavy (non-hydrogen) atoms. The molecule has 0 atom stereocenters. The monoisotopic (exact) mass is 246 g/mol. The molecule has 5 heteroatoms. The standard InChI is InChI=1S/C10H15FN2S2/c1-3-13-10(9(2)7-12)15-8-14-6-4-5-11/h2-6,8H2,1H3/b13-10+. The van der Waals surface area contributed by atoms with Crippen LogP contribution in [0.2, 0.25) is 0 Å². The first-order valence-electron chi connectivity index (χ1n) is 4.66. The molecule has 0 aromatic carbocycles. The van der Waals surface area contributed by atoms with E-state index in [2.05, 4.69) is 11.6 Å². The Morgan fingerprint density at radius 2 is 2.33 bits per heavy atom.